The zero-order valence-electron chi connectivity index (χ0n) is 15.1. The smallest absolute Gasteiger partial charge is 0.243 e. The number of ether oxygens (including phenoxy) is 1. The lowest BCUT2D eigenvalue weighted by molar-refractivity contribution is -0.116. The van der Waals surface area contributed by atoms with Crippen molar-refractivity contribution in [3.63, 3.8) is 0 Å². The molecular weight excluding hydrogens is 378 g/mol. The minimum atomic E-state index is -3.95. The molecule has 0 unspecified atom stereocenters. The van der Waals surface area contributed by atoms with Crippen molar-refractivity contribution in [1.29, 1.82) is 0 Å². The molecule has 0 atom stereocenters. The molecule has 0 saturated carbocycles. The van der Waals surface area contributed by atoms with Gasteiger partial charge in [0.25, 0.3) is 0 Å². The molecule has 9 heteroatoms. The number of halogens is 2. The van der Waals surface area contributed by atoms with E-state index >= 15 is 0 Å². The number of nitrogens with zero attached hydrogens (tertiary/aromatic N) is 1. The van der Waals surface area contributed by atoms with E-state index in [0.29, 0.717) is 17.9 Å². The Morgan fingerprint density at radius 1 is 1.19 bits per heavy atom. The third kappa shape index (κ3) is 5.01. The minimum Gasteiger partial charge on any atom is -0.494 e. The van der Waals surface area contributed by atoms with Crippen molar-refractivity contribution in [2.24, 2.45) is 0 Å². The van der Waals surface area contributed by atoms with E-state index in [1.807, 2.05) is 6.92 Å². The number of carbonyl (C=O) groups is 1. The summed E-state index contributed by atoms with van der Waals surface area (Å²) in [4.78, 5) is 12.0. The van der Waals surface area contributed by atoms with Crippen LogP contribution in [0.3, 0.4) is 0 Å². The van der Waals surface area contributed by atoms with E-state index in [-0.39, 0.29) is 10.6 Å². The van der Waals surface area contributed by atoms with Crippen molar-refractivity contribution in [2.75, 3.05) is 25.5 Å². The van der Waals surface area contributed by atoms with E-state index in [4.69, 9.17) is 4.74 Å². The fourth-order valence-corrected chi connectivity index (χ4v) is 3.56. The predicted molar refractivity (Wildman–Crippen MR) is 97.2 cm³/mol. The zero-order valence-corrected chi connectivity index (χ0v) is 15.9. The molecule has 2 rings (SSSR count). The molecule has 0 bridgehead atoms. The number of rotatable bonds is 7. The number of carbonyl (C=O) groups excluding carboxylic acids is 1. The highest BCUT2D eigenvalue weighted by molar-refractivity contribution is 7.89. The van der Waals surface area contributed by atoms with Gasteiger partial charge in [-0.2, -0.15) is 4.31 Å². The van der Waals surface area contributed by atoms with E-state index in [9.17, 15) is 22.0 Å². The lowest BCUT2D eigenvalue weighted by Crippen LogP contribution is -2.35. The second-order valence-corrected chi connectivity index (χ2v) is 7.84. The van der Waals surface area contributed by atoms with Crippen LogP contribution in [0.1, 0.15) is 12.5 Å². The highest BCUT2D eigenvalue weighted by atomic mass is 32.2. The highest BCUT2D eigenvalue weighted by Gasteiger charge is 2.24. The van der Waals surface area contributed by atoms with Gasteiger partial charge in [0.2, 0.25) is 15.9 Å². The SMILES string of the molecule is CCOc1ccc(S(=O)(=O)N(C)CC(=O)Nc2cc(F)ccc2F)cc1C. The van der Waals surface area contributed by atoms with Crippen LogP contribution in [0.15, 0.2) is 41.3 Å². The molecule has 27 heavy (non-hydrogen) atoms. The summed E-state index contributed by atoms with van der Waals surface area (Å²) in [6.45, 7) is 3.41. The number of nitrogens with one attached hydrogen (secondary N) is 1. The van der Waals surface area contributed by atoms with Crippen molar-refractivity contribution in [3.05, 3.63) is 53.6 Å². The Morgan fingerprint density at radius 2 is 1.89 bits per heavy atom. The molecule has 0 saturated heterocycles. The van der Waals surface area contributed by atoms with Crippen LogP contribution < -0.4 is 10.1 Å². The summed E-state index contributed by atoms with van der Waals surface area (Å²) in [7, 11) is -2.72. The maximum atomic E-state index is 13.6. The average Bonchev–Trinajstić information content (AvgIpc) is 2.59. The first kappa shape index (κ1) is 20.8. The standard InChI is InChI=1S/C18H20F2N2O4S/c1-4-26-17-8-6-14(9-12(17)2)27(24,25)22(3)11-18(23)21-16-10-13(19)5-7-15(16)20/h5-10H,4,11H2,1-3H3,(H,21,23). The van der Waals surface area contributed by atoms with Gasteiger partial charge in [-0.3, -0.25) is 4.79 Å². The van der Waals surface area contributed by atoms with Gasteiger partial charge in [0, 0.05) is 13.1 Å². The molecule has 0 fully saturated rings. The Morgan fingerprint density at radius 3 is 2.52 bits per heavy atom. The first-order chi connectivity index (χ1) is 12.6. The summed E-state index contributed by atoms with van der Waals surface area (Å²) in [5.41, 5.74) is 0.278. The van der Waals surface area contributed by atoms with Crippen LogP contribution in [0, 0.1) is 18.6 Å². The summed E-state index contributed by atoms with van der Waals surface area (Å²) < 4.78 is 58.2. The van der Waals surface area contributed by atoms with Crippen LogP contribution in [-0.4, -0.2) is 38.8 Å². The summed E-state index contributed by atoms with van der Waals surface area (Å²) >= 11 is 0. The van der Waals surface area contributed by atoms with Gasteiger partial charge in [-0.15, -0.1) is 0 Å². The maximum absolute atomic E-state index is 13.6. The quantitative estimate of drug-likeness (QED) is 0.778. The van der Waals surface area contributed by atoms with Gasteiger partial charge >= 0.3 is 0 Å². The summed E-state index contributed by atoms with van der Waals surface area (Å²) in [5, 5.41) is 2.16. The van der Waals surface area contributed by atoms with Crippen LogP contribution in [0.25, 0.3) is 0 Å². The van der Waals surface area contributed by atoms with E-state index in [2.05, 4.69) is 5.32 Å². The van der Waals surface area contributed by atoms with Crippen molar-refractivity contribution >= 4 is 21.6 Å². The van der Waals surface area contributed by atoms with Gasteiger partial charge in [0.05, 0.1) is 23.7 Å². The lowest BCUT2D eigenvalue weighted by Gasteiger charge is -2.18. The van der Waals surface area contributed by atoms with Crippen LogP contribution in [-0.2, 0) is 14.8 Å². The van der Waals surface area contributed by atoms with Crippen molar-refractivity contribution in [1.82, 2.24) is 4.31 Å². The van der Waals surface area contributed by atoms with Crippen LogP contribution >= 0.6 is 0 Å². The van der Waals surface area contributed by atoms with E-state index < -0.39 is 34.1 Å². The van der Waals surface area contributed by atoms with Gasteiger partial charge in [0.15, 0.2) is 0 Å². The molecule has 2 aromatic carbocycles. The second kappa shape index (κ2) is 8.45. The Kier molecular flexibility index (Phi) is 6.50. The highest BCUT2D eigenvalue weighted by Crippen LogP contribution is 2.23. The molecule has 0 aromatic heterocycles. The molecule has 0 spiro atoms. The number of benzene rings is 2. The normalized spacial score (nSPS) is 11.5. The van der Waals surface area contributed by atoms with Gasteiger partial charge in [-0.1, -0.05) is 0 Å². The number of hydrogen-bond acceptors (Lipinski definition) is 4. The van der Waals surface area contributed by atoms with Gasteiger partial charge < -0.3 is 10.1 Å². The number of amides is 1. The van der Waals surface area contributed by atoms with Gasteiger partial charge in [-0.05, 0) is 49.7 Å². The van der Waals surface area contributed by atoms with Gasteiger partial charge in [-0.25, -0.2) is 17.2 Å². The molecule has 0 radical (unpaired) electrons. The zero-order chi connectivity index (χ0) is 20.2. The molecule has 6 nitrogen and oxygen atoms in total. The lowest BCUT2D eigenvalue weighted by atomic mass is 10.2. The summed E-state index contributed by atoms with van der Waals surface area (Å²) in [6, 6.07) is 6.97. The maximum Gasteiger partial charge on any atom is 0.243 e. The summed E-state index contributed by atoms with van der Waals surface area (Å²) in [5.74, 6) is -1.78. The third-order valence-corrected chi connectivity index (χ3v) is 5.52. The third-order valence-electron chi connectivity index (χ3n) is 3.72. The molecule has 1 N–H and O–H groups in total. The molecule has 2 aromatic rings. The van der Waals surface area contributed by atoms with E-state index in [0.717, 1.165) is 22.5 Å². The van der Waals surface area contributed by atoms with Crippen LogP contribution in [0.2, 0.25) is 0 Å². The van der Waals surface area contributed by atoms with E-state index in [1.54, 1.807) is 13.0 Å². The second-order valence-electron chi connectivity index (χ2n) is 5.79. The molecule has 146 valence electrons. The number of sulfonamides is 1. The van der Waals surface area contributed by atoms with Crippen LogP contribution in [0.4, 0.5) is 14.5 Å². The number of likely N-dealkylation sites (N-methyl/N-ethyl adjacent to an activating group) is 1. The monoisotopic (exact) mass is 398 g/mol. The number of aryl methyl sites for hydroxylation is 1. The molecule has 0 aliphatic heterocycles. The predicted octanol–water partition coefficient (Wildman–Crippen LogP) is 2.93. The average molecular weight is 398 g/mol. The first-order valence-corrected chi connectivity index (χ1v) is 9.54. The Labute approximate surface area is 156 Å². The molecular formula is C18H20F2N2O4S. The fourth-order valence-electron chi connectivity index (χ4n) is 2.35. The molecule has 0 aliphatic rings. The topological polar surface area (TPSA) is 75.7 Å². The number of hydrogen-bond donors (Lipinski definition) is 1. The Hall–Kier alpha value is -2.52. The largest absolute Gasteiger partial charge is 0.494 e. The molecule has 1 amide bonds. The van der Waals surface area contributed by atoms with Gasteiger partial charge in [0.1, 0.15) is 17.4 Å². The van der Waals surface area contributed by atoms with Crippen molar-refractivity contribution in [2.45, 2.75) is 18.7 Å². The van der Waals surface area contributed by atoms with E-state index in [1.165, 1.54) is 19.2 Å². The van der Waals surface area contributed by atoms with Crippen molar-refractivity contribution < 1.29 is 26.7 Å². The van der Waals surface area contributed by atoms with Crippen molar-refractivity contribution in [3.8, 4) is 5.75 Å². The Bertz CT molecular complexity index is 948. The Balaban J connectivity index is 2.13. The fraction of sp³-hybridized carbons (Fsp3) is 0.278. The molecule has 0 heterocycles. The molecule has 0 aliphatic carbocycles. The summed E-state index contributed by atoms with van der Waals surface area (Å²) in [6.07, 6.45) is 0. The minimum absolute atomic E-state index is 0.00399. The first-order valence-electron chi connectivity index (χ1n) is 8.10. The number of anilines is 1. The van der Waals surface area contributed by atoms with Crippen LogP contribution in [0.5, 0.6) is 5.75 Å².